The topological polar surface area (TPSA) is 12.0 Å². The van der Waals surface area contributed by atoms with Crippen molar-refractivity contribution in [1.29, 1.82) is 0 Å². The summed E-state index contributed by atoms with van der Waals surface area (Å²) in [6, 6.07) is 5.20. The molecular formula is C16H25NS. The summed E-state index contributed by atoms with van der Waals surface area (Å²) in [6.45, 7) is 2.23. The zero-order valence-electron chi connectivity index (χ0n) is 11.7. The maximum Gasteiger partial charge on any atom is 0.0149 e. The highest BCUT2D eigenvalue weighted by molar-refractivity contribution is 7.11. The highest BCUT2D eigenvalue weighted by Gasteiger charge is 2.13. The lowest BCUT2D eigenvalue weighted by molar-refractivity contribution is 0.535. The summed E-state index contributed by atoms with van der Waals surface area (Å²) in [5.74, 6) is 0. The molecule has 1 aromatic rings. The number of hydrogen-bond acceptors (Lipinski definition) is 2. The molecule has 1 nitrogen and oxygen atoms in total. The summed E-state index contributed by atoms with van der Waals surface area (Å²) in [4.78, 5) is 3.04. The van der Waals surface area contributed by atoms with Gasteiger partial charge in [-0.3, -0.25) is 0 Å². The SMILES string of the molecule is CCc1ccc(CC(CC2=CCCCC2)NC)s1. The Morgan fingerprint density at radius 3 is 2.67 bits per heavy atom. The Balaban J connectivity index is 1.90. The molecule has 0 bridgehead atoms. The Kier molecular flexibility index (Phi) is 5.45. The van der Waals surface area contributed by atoms with Gasteiger partial charge in [-0.15, -0.1) is 11.3 Å². The molecular weight excluding hydrogens is 238 g/mol. The quantitative estimate of drug-likeness (QED) is 0.753. The third-order valence-corrected chi connectivity index (χ3v) is 5.07. The normalized spacial score (nSPS) is 17.6. The van der Waals surface area contributed by atoms with E-state index in [1.54, 1.807) is 5.57 Å². The van der Waals surface area contributed by atoms with Crippen LogP contribution >= 0.6 is 11.3 Å². The Bertz CT molecular complexity index is 392. The van der Waals surface area contributed by atoms with Gasteiger partial charge in [0.25, 0.3) is 0 Å². The molecule has 0 spiro atoms. The summed E-state index contributed by atoms with van der Waals surface area (Å²) < 4.78 is 0. The van der Waals surface area contributed by atoms with E-state index in [4.69, 9.17) is 0 Å². The molecule has 1 aromatic heterocycles. The first-order chi connectivity index (χ1) is 8.81. The van der Waals surface area contributed by atoms with Crippen LogP contribution in [0, 0.1) is 0 Å². The lowest BCUT2D eigenvalue weighted by Crippen LogP contribution is -2.28. The molecule has 0 amide bonds. The van der Waals surface area contributed by atoms with E-state index in [0.29, 0.717) is 6.04 Å². The molecule has 18 heavy (non-hydrogen) atoms. The molecule has 1 N–H and O–H groups in total. The van der Waals surface area contributed by atoms with Crippen molar-refractivity contribution in [2.75, 3.05) is 7.05 Å². The first-order valence-electron chi connectivity index (χ1n) is 7.24. The number of allylic oxidation sites excluding steroid dienone is 1. The number of aryl methyl sites for hydroxylation is 1. The lowest BCUT2D eigenvalue weighted by atomic mass is 9.93. The molecule has 0 saturated carbocycles. The van der Waals surface area contributed by atoms with Crippen LogP contribution in [0.15, 0.2) is 23.8 Å². The predicted molar refractivity (Wildman–Crippen MR) is 81.4 cm³/mol. The van der Waals surface area contributed by atoms with Crippen molar-refractivity contribution in [3.05, 3.63) is 33.5 Å². The molecule has 1 aliphatic rings. The van der Waals surface area contributed by atoms with Gasteiger partial charge in [-0.2, -0.15) is 0 Å². The van der Waals surface area contributed by atoms with E-state index in [2.05, 4.69) is 37.5 Å². The fraction of sp³-hybridized carbons (Fsp3) is 0.625. The molecule has 1 unspecified atom stereocenters. The van der Waals surface area contributed by atoms with Crippen molar-refractivity contribution in [2.45, 2.75) is 57.9 Å². The predicted octanol–water partition coefficient (Wildman–Crippen LogP) is 4.33. The molecule has 100 valence electrons. The van der Waals surface area contributed by atoms with E-state index in [1.165, 1.54) is 54.7 Å². The first-order valence-corrected chi connectivity index (χ1v) is 8.06. The number of hydrogen-bond donors (Lipinski definition) is 1. The van der Waals surface area contributed by atoms with Crippen molar-refractivity contribution in [3.63, 3.8) is 0 Å². The van der Waals surface area contributed by atoms with E-state index in [-0.39, 0.29) is 0 Å². The minimum Gasteiger partial charge on any atom is -0.316 e. The van der Waals surface area contributed by atoms with Crippen molar-refractivity contribution < 1.29 is 0 Å². The summed E-state index contributed by atoms with van der Waals surface area (Å²) >= 11 is 1.98. The average Bonchev–Trinajstić information content (AvgIpc) is 2.87. The van der Waals surface area contributed by atoms with E-state index in [0.717, 1.165) is 0 Å². The van der Waals surface area contributed by atoms with Gasteiger partial charge in [0.15, 0.2) is 0 Å². The van der Waals surface area contributed by atoms with Gasteiger partial charge in [-0.25, -0.2) is 0 Å². The van der Waals surface area contributed by atoms with Gasteiger partial charge in [0, 0.05) is 15.8 Å². The zero-order chi connectivity index (χ0) is 12.8. The maximum atomic E-state index is 3.49. The van der Waals surface area contributed by atoms with E-state index >= 15 is 0 Å². The second-order valence-electron chi connectivity index (χ2n) is 5.22. The van der Waals surface area contributed by atoms with Gasteiger partial charge in [0.1, 0.15) is 0 Å². The molecule has 0 aromatic carbocycles. The van der Waals surface area contributed by atoms with Gasteiger partial charge >= 0.3 is 0 Å². The van der Waals surface area contributed by atoms with Crippen LogP contribution in [0.1, 0.15) is 48.8 Å². The van der Waals surface area contributed by atoms with Crippen molar-refractivity contribution in [3.8, 4) is 0 Å². The highest BCUT2D eigenvalue weighted by Crippen LogP contribution is 2.24. The van der Waals surface area contributed by atoms with Crippen LogP contribution in [0.5, 0.6) is 0 Å². The summed E-state index contributed by atoms with van der Waals surface area (Å²) in [5, 5.41) is 3.49. The summed E-state index contributed by atoms with van der Waals surface area (Å²) in [6.07, 6.45) is 11.4. The van der Waals surface area contributed by atoms with Crippen LogP contribution in [0.2, 0.25) is 0 Å². The van der Waals surface area contributed by atoms with Crippen LogP contribution in [0.3, 0.4) is 0 Å². The van der Waals surface area contributed by atoms with Gasteiger partial charge in [0.2, 0.25) is 0 Å². The van der Waals surface area contributed by atoms with Crippen LogP contribution in [0.4, 0.5) is 0 Å². The Morgan fingerprint density at radius 1 is 1.22 bits per heavy atom. The van der Waals surface area contributed by atoms with Crippen molar-refractivity contribution in [2.24, 2.45) is 0 Å². The molecule has 2 rings (SSSR count). The fourth-order valence-electron chi connectivity index (χ4n) is 2.65. The molecule has 0 saturated heterocycles. The summed E-state index contributed by atoms with van der Waals surface area (Å²) in [5.41, 5.74) is 1.67. The monoisotopic (exact) mass is 263 g/mol. The lowest BCUT2D eigenvalue weighted by Gasteiger charge is -2.19. The highest BCUT2D eigenvalue weighted by atomic mass is 32.1. The van der Waals surface area contributed by atoms with E-state index in [1.807, 2.05) is 11.3 Å². The first kappa shape index (κ1) is 13.8. The standard InChI is InChI=1S/C16H25NS/c1-3-15-9-10-16(18-15)12-14(17-2)11-13-7-5-4-6-8-13/h7,9-10,14,17H,3-6,8,11-12H2,1-2H3. The molecule has 1 heterocycles. The van der Waals surface area contributed by atoms with Gasteiger partial charge in [-0.1, -0.05) is 18.6 Å². The largest absolute Gasteiger partial charge is 0.316 e. The molecule has 2 heteroatoms. The van der Waals surface area contributed by atoms with Crippen molar-refractivity contribution in [1.82, 2.24) is 5.32 Å². The van der Waals surface area contributed by atoms with Gasteiger partial charge in [-0.05, 0) is 64.1 Å². The zero-order valence-corrected chi connectivity index (χ0v) is 12.5. The number of thiophene rings is 1. The fourth-order valence-corrected chi connectivity index (χ4v) is 3.69. The Morgan fingerprint density at radius 2 is 2.06 bits per heavy atom. The minimum atomic E-state index is 0.609. The number of rotatable bonds is 6. The van der Waals surface area contributed by atoms with Gasteiger partial charge in [0.05, 0.1) is 0 Å². The molecule has 0 fully saturated rings. The Hall–Kier alpha value is -0.600. The van der Waals surface area contributed by atoms with Gasteiger partial charge < -0.3 is 5.32 Å². The number of likely N-dealkylation sites (N-methyl/N-ethyl adjacent to an activating group) is 1. The van der Waals surface area contributed by atoms with Crippen LogP contribution in [-0.2, 0) is 12.8 Å². The van der Waals surface area contributed by atoms with Crippen LogP contribution in [0.25, 0.3) is 0 Å². The maximum absolute atomic E-state index is 3.49. The van der Waals surface area contributed by atoms with E-state index in [9.17, 15) is 0 Å². The molecule has 1 aliphatic carbocycles. The third kappa shape index (κ3) is 3.96. The van der Waals surface area contributed by atoms with E-state index < -0.39 is 0 Å². The second-order valence-corrected chi connectivity index (χ2v) is 6.48. The van der Waals surface area contributed by atoms with Crippen molar-refractivity contribution >= 4 is 11.3 Å². The molecule has 0 aliphatic heterocycles. The third-order valence-electron chi connectivity index (χ3n) is 3.82. The second kappa shape index (κ2) is 7.10. The minimum absolute atomic E-state index is 0.609. The number of nitrogens with one attached hydrogen (secondary N) is 1. The van der Waals surface area contributed by atoms with Crippen LogP contribution in [-0.4, -0.2) is 13.1 Å². The molecule has 1 atom stereocenters. The Labute approximate surface area is 115 Å². The average molecular weight is 263 g/mol. The smallest absolute Gasteiger partial charge is 0.0149 e. The van der Waals surface area contributed by atoms with Crippen LogP contribution < -0.4 is 5.32 Å². The molecule has 0 radical (unpaired) electrons. The summed E-state index contributed by atoms with van der Waals surface area (Å²) in [7, 11) is 2.10.